The summed E-state index contributed by atoms with van der Waals surface area (Å²) in [4.78, 5) is 12.2. The smallest absolute Gasteiger partial charge is 0.251 e. The summed E-state index contributed by atoms with van der Waals surface area (Å²) < 4.78 is 24.6. The van der Waals surface area contributed by atoms with Crippen molar-refractivity contribution in [2.45, 2.75) is 19.9 Å². The number of hydrogen-bond donors (Lipinski definition) is 1. The number of fused-ring (bicyclic) bond motifs is 1. The monoisotopic (exact) mass is 315 g/mol. The summed E-state index contributed by atoms with van der Waals surface area (Å²) in [5.41, 5.74) is 1.72. The zero-order chi connectivity index (χ0) is 16.4. The van der Waals surface area contributed by atoms with Gasteiger partial charge in [-0.25, -0.2) is 4.39 Å². The van der Waals surface area contributed by atoms with Crippen molar-refractivity contribution in [3.05, 3.63) is 58.9 Å². The number of hydrogen-bond acceptors (Lipinski definition) is 3. The average Bonchev–Trinajstić information content (AvgIpc) is 2.56. The molecule has 0 radical (unpaired) electrons. The van der Waals surface area contributed by atoms with E-state index in [9.17, 15) is 9.18 Å². The third-order valence-corrected chi connectivity index (χ3v) is 3.85. The van der Waals surface area contributed by atoms with Gasteiger partial charge < -0.3 is 14.8 Å². The Morgan fingerprint density at radius 3 is 2.61 bits per heavy atom. The van der Waals surface area contributed by atoms with Crippen LogP contribution in [0.3, 0.4) is 0 Å². The first-order valence-electron chi connectivity index (χ1n) is 7.51. The van der Waals surface area contributed by atoms with Crippen molar-refractivity contribution >= 4 is 5.91 Å². The molecule has 0 aliphatic carbocycles. The van der Waals surface area contributed by atoms with Gasteiger partial charge in [-0.2, -0.15) is 0 Å². The zero-order valence-electron chi connectivity index (χ0n) is 13.1. The van der Waals surface area contributed by atoms with Crippen LogP contribution in [0.1, 0.15) is 34.5 Å². The first-order valence-corrected chi connectivity index (χ1v) is 7.51. The van der Waals surface area contributed by atoms with Gasteiger partial charge in [0.2, 0.25) is 0 Å². The van der Waals surface area contributed by atoms with Crippen LogP contribution in [0.15, 0.2) is 36.4 Å². The summed E-state index contributed by atoms with van der Waals surface area (Å²) in [5.74, 6) is 0.686. The van der Waals surface area contributed by atoms with Gasteiger partial charge in [0.25, 0.3) is 5.91 Å². The van der Waals surface area contributed by atoms with Gasteiger partial charge in [0.15, 0.2) is 11.5 Å². The zero-order valence-corrected chi connectivity index (χ0v) is 13.1. The van der Waals surface area contributed by atoms with Gasteiger partial charge in [0.1, 0.15) is 19.0 Å². The molecule has 3 rings (SSSR count). The van der Waals surface area contributed by atoms with Crippen molar-refractivity contribution < 1.29 is 18.7 Å². The van der Waals surface area contributed by atoms with Crippen LogP contribution >= 0.6 is 0 Å². The fourth-order valence-corrected chi connectivity index (χ4v) is 2.43. The third kappa shape index (κ3) is 3.28. The van der Waals surface area contributed by atoms with Gasteiger partial charge in [-0.05, 0) is 49.2 Å². The van der Waals surface area contributed by atoms with E-state index in [1.165, 1.54) is 6.07 Å². The minimum Gasteiger partial charge on any atom is -0.486 e. The van der Waals surface area contributed by atoms with E-state index in [0.29, 0.717) is 35.8 Å². The molecule has 1 aliphatic heterocycles. The Bertz CT molecular complexity index is 745. The number of carbonyl (C=O) groups is 1. The molecule has 1 N–H and O–H groups in total. The Kier molecular flexibility index (Phi) is 4.19. The molecule has 0 fully saturated rings. The molecule has 1 aliphatic rings. The second-order valence-electron chi connectivity index (χ2n) is 5.56. The van der Waals surface area contributed by atoms with Crippen LogP contribution in [0.2, 0.25) is 0 Å². The van der Waals surface area contributed by atoms with Crippen LogP contribution < -0.4 is 14.8 Å². The number of halogens is 1. The van der Waals surface area contributed by atoms with Crippen LogP contribution in [-0.4, -0.2) is 19.1 Å². The van der Waals surface area contributed by atoms with E-state index >= 15 is 0 Å². The molecule has 2 aromatic carbocycles. The molecular formula is C18H18FNO3. The second-order valence-corrected chi connectivity index (χ2v) is 5.56. The minimum absolute atomic E-state index is 0.234. The molecule has 4 nitrogen and oxygen atoms in total. The predicted octanol–water partition coefficient (Wildman–Crippen LogP) is 3.40. The van der Waals surface area contributed by atoms with Crippen LogP contribution in [0.5, 0.6) is 11.5 Å². The molecule has 5 heteroatoms. The topological polar surface area (TPSA) is 47.6 Å². The van der Waals surface area contributed by atoms with Gasteiger partial charge >= 0.3 is 0 Å². The van der Waals surface area contributed by atoms with Crippen molar-refractivity contribution in [1.29, 1.82) is 0 Å². The summed E-state index contributed by atoms with van der Waals surface area (Å²) in [6.07, 6.45) is 0. The molecule has 0 aromatic heterocycles. The number of aryl methyl sites for hydroxylation is 1. The predicted molar refractivity (Wildman–Crippen MR) is 84.5 cm³/mol. The van der Waals surface area contributed by atoms with E-state index < -0.39 is 0 Å². The third-order valence-electron chi connectivity index (χ3n) is 3.85. The lowest BCUT2D eigenvalue weighted by Gasteiger charge is -2.21. The molecule has 23 heavy (non-hydrogen) atoms. The van der Waals surface area contributed by atoms with Crippen LogP contribution in [0.25, 0.3) is 0 Å². The Morgan fingerprint density at radius 1 is 1.13 bits per heavy atom. The number of ether oxygens (including phenoxy) is 2. The molecule has 0 bridgehead atoms. The van der Waals surface area contributed by atoms with E-state index in [-0.39, 0.29) is 17.8 Å². The lowest BCUT2D eigenvalue weighted by atomic mass is 10.1. The van der Waals surface area contributed by atoms with E-state index in [1.807, 2.05) is 25.1 Å². The lowest BCUT2D eigenvalue weighted by Crippen LogP contribution is -2.27. The highest BCUT2D eigenvalue weighted by Gasteiger charge is 2.17. The fourth-order valence-electron chi connectivity index (χ4n) is 2.43. The van der Waals surface area contributed by atoms with Crippen LogP contribution in [0.4, 0.5) is 4.39 Å². The number of carbonyl (C=O) groups excluding carboxylic acids is 1. The van der Waals surface area contributed by atoms with E-state index in [0.717, 1.165) is 5.56 Å². The highest BCUT2D eigenvalue weighted by molar-refractivity contribution is 5.94. The minimum atomic E-state index is -0.385. The lowest BCUT2D eigenvalue weighted by molar-refractivity contribution is 0.0939. The molecule has 0 saturated heterocycles. The van der Waals surface area contributed by atoms with Crippen molar-refractivity contribution in [3.8, 4) is 11.5 Å². The maximum absolute atomic E-state index is 13.6. The molecule has 1 heterocycles. The van der Waals surface area contributed by atoms with Crippen molar-refractivity contribution in [2.24, 2.45) is 0 Å². The normalized spacial score (nSPS) is 14.2. The first-order chi connectivity index (χ1) is 11.0. The highest BCUT2D eigenvalue weighted by Crippen LogP contribution is 2.32. The Morgan fingerprint density at radius 2 is 1.87 bits per heavy atom. The van der Waals surface area contributed by atoms with Crippen LogP contribution in [-0.2, 0) is 0 Å². The van der Waals surface area contributed by atoms with E-state index in [4.69, 9.17) is 9.47 Å². The van der Waals surface area contributed by atoms with Gasteiger partial charge in [-0.1, -0.05) is 12.1 Å². The van der Waals surface area contributed by atoms with Crippen molar-refractivity contribution in [2.75, 3.05) is 13.2 Å². The van der Waals surface area contributed by atoms with Gasteiger partial charge in [0.05, 0.1) is 6.04 Å². The van der Waals surface area contributed by atoms with Crippen LogP contribution in [0, 0.1) is 12.7 Å². The molecule has 1 unspecified atom stereocenters. The standard InChI is InChI=1S/C18H18FNO3/c1-11-3-4-14(9-15(11)19)18(21)20-12(2)13-5-6-16-17(10-13)23-8-7-22-16/h3-6,9-10,12H,7-8H2,1-2H3,(H,20,21). The molecule has 0 spiro atoms. The number of amides is 1. The van der Waals surface area contributed by atoms with Gasteiger partial charge in [-0.3, -0.25) is 4.79 Å². The molecule has 0 saturated carbocycles. The number of nitrogens with one attached hydrogen (secondary N) is 1. The summed E-state index contributed by atoms with van der Waals surface area (Å²) >= 11 is 0. The maximum atomic E-state index is 13.6. The average molecular weight is 315 g/mol. The first kappa shape index (κ1) is 15.3. The highest BCUT2D eigenvalue weighted by atomic mass is 19.1. The molecular weight excluding hydrogens is 297 g/mol. The summed E-state index contributed by atoms with van der Waals surface area (Å²) in [6, 6.07) is 9.80. The summed E-state index contributed by atoms with van der Waals surface area (Å²) in [5, 5.41) is 2.86. The maximum Gasteiger partial charge on any atom is 0.251 e. The Balaban J connectivity index is 1.74. The number of benzene rings is 2. The van der Waals surface area contributed by atoms with Gasteiger partial charge in [0, 0.05) is 5.56 Å². The summed E-state index contributed by atoms with van der Waals surface area (Å²) in [6.45, 7) is 4.58. The second kappa shape index (κ2) is 6.28. The molecule has 120 valence electrons. The Labute approximate surface area is 134 Å². The van der Waals surface area contributed by atoms with Crippen molar-refractivity contribution in [3.63, 3.8) is 0 Å². The summed E-state index contributed by atoms with van der Waals surface area (Å²) in [7, 11) is 0. The molecule has 2 aromatic rings. The van der Waals surface area contributed by atoms with E-state index in [1.54, 1.807) is 19.1 Å². The van der Waals surface area contributed by atoms with E-state index in [2.05, 4.69) is 5.32 Å². The molecule has 1 atom stereocenters. The fraction of sp³-hybridized carbons (Fsp3) is 0.278. The molecule has 1 amide bonds. The number of rotatable bonds is 3. The SMILES string of the molecule is Cc1ccc(C(=O)NC(C)c2ccc3c(c2)OCCO3)cc1F. The quantitative estimate of drug-likeness (QED) is 0.944. The van der Waals surface area contributed by atoms with Crippen molar-refractivity contribution in [1.82, 2.24) is 5.32 Å². The Hall–Kier alpha value is -2.56. The van der Waals surface area contributed by atoms with Gasteiger partial charge in [-0.15, -0.1) is 0 Å². The largest absolute Gasteiger partial charge is 0.486 e.